The largest absolute Gasteiger partial charge is 0.463 e. The maximum Gasteiger partial charge on any atom is 0.432 e. The SMILES string of the molecule is CC(C)(CC/C(N)=N/C(=O)O)c1ccc(C(=O)Nc2cn3cc(Cl)ccc3n2)cc1. The minimum atomic E-state index is -1.30. The minimum Gasteiger partial charge on any atom is -0.463 e. The summed E-state index contributed by atoms with van der Waals surface area (Å²) in [4.78, 5) is 30.8. The molecule has 0 saturated carbocycles. The number of hydrogen-bond donors (Lipinski definition) is 3. The van der Waals surface area contributed by atoms with Crippen molar-refractivity contribution in [2.75, 3.05) is 5.32 Å². The summed E-state index contributed by atoms with van der Waals surface area (Å²) in [7, 11) is 0. The zero-order chi connectivity index (χ0) is 21.9. The molecule has 0 saturated heterocycles. The van der Waals surface area contributed by atoms with Gasteiger partial charge in [0.2, 0.25) is 0 Å². The van der Waals surface area contributed by atoms with E-state index in [4.69, 9.17) is 22.4 Å². The molecule has 0 aliphatic carbocycles. The number of rotatable bonds is 6. The number of anilines is 1. The van der Waals surface area contributed by atoms with E-state index in [1.807, 2.05) is 26.0 Å². The number of carboxylic acid groups (broad SMARTS) is 1. The number of amidine groups is 1. The van der Waals surface area contributed by atoms with Gasteiger partial charge < -0.3 is 20.6 Å². The number of nitrogens with zero attached hydrogens (tertiary/aromatic N) is 3. The fraction of sp³-hybridized carbons (Fsp3) is 0.238. The van der Waals surface area contributed by atoms with Crippen molar-refractivity contribution in [1.29, 1.82) is 0 Å². The van der Waals surface area contributed by atoms with E-state index < -0.39 is 6.09 Å². The molecule has 2 amide bonds. The Morgan fingerprint density at radius 3 is 2.57 bits per heavy atom. The molecular weight excluding hydrogens is 406 g/mol. The van der Waals surface area contributed by atoms with Crippen LogP contribution in [-0.2, 0) is 5.41 Å². The van der Waals surface area contributed by atoms with Crippen LogP contribution in [0, 0.1) is 0 Å². The Hall–Kier alpha value is -3.39. The molecular formula is C21H22ClN5O3. The number of nitrogens with one attached hydrogen (secondary N) is 1. The number of halogens is 1. The third-order valence-electron chi connectivity index (χ3n) is 4.83. The summed E-state index contributed by atoms with van der Waals surface area (Å²) in [5, 5.41) is 12.0. The van der Waals surface area contributed by atoms with Crippen LogP contribution < -0.4 is 11.1 Å². The first kappa shape index (κ1) is 21.3. The summed E-state index contributed by atoms with van der Waals surface area (Å²) in [6.45, 7) is 4.05. The van der Waals surface area contributed by atoms with Gasteiger partial charge in [-0.25, -0.2) is 9.78 Å². The van der Waals surface area contributed by atoms with E-state index in [-0.39, 0.29) is 17.2 Å². The molecule has 0 fully saturated rings. The van der Waals surface area contributed by atoms with Gasteiger partial charge in [-0.15, -0.1) is 0 Å². The number of benzene rings is 1. The number of hydrogen-bond acceptors (Lipinski definition) is 3. The Morgan fingerprint density at radius 2 is 1.90 bits per heavy atom. The Kier molecular flexibility index (Phi) is 6.07. The smallest absolute Gasteiger partial charge is 0.432 e. The van der Waals surface area contributed by atoms with Gasteiger partial charge in [0.25, 0.3) is 5.91 Å². The molecule has 0 aliphatic rings. The van der Waals surface area contributed by atoms with Crippen molar-refractivity contribution in [1.82, 2.24) is 9.38 Å². The highest BCUT2D eigenvalue weighted by atomic mass is 35.5. The van der Waals surface area contributed by atoms with Crippen molar-refractivity contribution < 1.29 is 14.7 Å². The first-order valence-corrected chi connectivity index (χ1v) is 9.64. The van der Waals surface area contributed by atoms with Gasteiger partial charge in [0.1, 0.15) is 11.5 Å². The topological polar surface area (TPSA) is 122 Å². The number of carbonyl (C=O) groups is 2. The third kappa shape index (κ3) is 5.15. The molecule has 3 aromatic rings. The number of nitrogens with two attached hydrogens (primary N) is 1. The first-order valence-electron chi connectivity index (χ1n) is 9.26. The van der Waals surface area contributed by atoms with Crippen LogP contribution in [0.1, 0.15) is 42.6 Å². The van der Waals surface area contributed by atoms with Crippen LogP contribution in [0.2, 0.25) is 5.02 Å². The van der Waals surface area contributed by atoms with Gasteiger partial charge in [0.05, 0.1) is 11.2 Å². The summed E-state index contributed by atoms with van der Waals surface area (Å²) >= 11 is 5.97. The number of amides is 2. The molecule has 30 heavy (non-hydrogen) atoms. The van der Waals surface area contributed by atoms with Crippen molar-refractivity contribution in [3.8, 4) is 0 Å². The molecule has 4 N–H and O–H groups in total. The summed E-state index contributed by atoms with van der Waals surface area (Å²) in [5.74, 6) is 0.242. The van der Waals surface area contributed by atoms with Gasteiger partial charge in [-0.3, -0.25) is 4.79 Å². The van der Waals surface area contributed by atoms with Gasteiger partial charge in [-0.2, -0.15) is 4.99 Å². The van der Waals surface area contributed by atoms with Crippen molar-refractivity contribution in [3.63, 3.8) is 0 Å². The van der Waals surface area contributed by atoms with Crippen LogP contribution in [0.25, 0.3) is 5.65 Å². The second kappa shape index (κ2) is 8.54. The summed E-state index contributed by atoms with van der Waals surface area (Å²) in [5.41, 5.74) is 7.54. The second-order valence-electron chi connectivity index (χ2n) is 7.54. The molecule has 9 heteroatoms. The number of pyridine rings is 1. The van der Waals surface area contributed by atoms with Crippen molar-refractivity contribution in [3.05, 3.63) is 64.9 Å². The Balaban J connectivity index is 1.67. The molecule has 8 nitrogen and oxygen atoms in total. The Labute approximate surface area is 178 Å². The zero-order valence-electron chi connectivity index (χ0n) is 16.6. The van der Waals surface area contributed by atoms with Crippen molar-refractivity contribution in [2.45, 2.75) is 32.1 Å². The average molecular weight is 428 g/mol. The lowest BCUT2D eigenvalue weighted by molar-refractivity contribution is 0.102. The lowest BCUT2D eigenvalue weighted by Gasteiger charge is -2.25. The van der Waals surface area contributed by atoms with Crippen LogP contribution in [0.5, 0.6) is 0 Å². The maximum atomic E-state index is 12.6. The quantitative estimate of drug-likeness (QED) is 0.399. The predicted molar refractivity (Wildman–Crippen MR) is 117 cm³/mol. The first-order chi connectivity index (χ1) is 14.1. The minimum absolute atomic E-state index is 0.0836. The Morgan fingerprint density at radius 1 is 1.20 bits per heavy atom. The monoisotopic (exact) mass is 427 g/mol. The van der Waals surface area contributed by atoms with E-state index in [2.05, 4.69) is 15.3 Å². The lowest BCUT2D eigenvalue weighted by Crippen LogP contribution is -2.22. The van der Waals surface area contributed by atoms with E-state index in [0.717, 1.165) is 5.56 Å². The molecule has 0 aliphatic heterocycles. The molecule has 156 valence electrons. The van der Waals surface area contributed by atoms with Gasteiger partial charge >= 0.3 is 6.09 Å². The molecule has 0 unspecified atom stereocenters. The summed E-state index contributed by atoms with van der Waals surface area (Å²) < 4.78 is 1.74. The Bertz CT molecular complexity index is 1120. The van der Waals surface area contributed by atoms with Gasteiger partial charge in [-0.1, -0.05) is 37.6 Å². The molecule has 0 atom stereocenters. The van der Waals surface area contributed by atoms with Gasteiger partial charge in [-0.05, 0) is 41.7 Å². The van der Waals surface area contributed by atoms with Crippen LogP contribution in [0.15, 0.2) is 53.8 Å². The average Bonchev–Trinajstić information content (AvgIpc) is 3.07. The van der Waals surface area contributed by atoms with E-state index in [0.29, 0.717) is 34.9 Å². The summed E-state index contributed by atoms with van der Waals surface area (Å²) in [6.07, 6.45) is 3.09. The van der Waals surface area contributed by atoms with Crippen molar-refractivity contribution >= 4 is 40.9 Å². The molecule has 1 aromatic carbocycles. The van der Waals surface area contributed by atoms with Crippen LogP contribution in [-0.4, -0.2) is 32.3 Å². The molecule has 2 aromatic heterocycles. The highest BCUT2D eigenvalue weighted by molar-refractivity contribution is 6.30. The molecule has 0 spiro atoms. The fourth-order valence-corrected chi connectivity index (χ4v) is 3.22. The normalized spacial score (nSPS) is 12.2. The van der Waals surface area contributed by atoms with E-state index in [1.165, 1.54) is 0 Å². The van der Waals surface area contributed by atoms with Crippen molar-refractivity contribution in [2.24, 2.45) is 10.7 Å². The molecule has 0 bridgehead atoms. The molecule has 2 heterocycles. The zero-order valence-corrected chi connectivity index (χ0v) is 17.3. The maximum absolute atomic E-state index is 12.6. The molecule has 3 rings (SSSR count). The number of imidazole rings is 1. The highest BCUT2D eigenvalue weighted by Gasteiger charge is 2.21. The lowest BCUT2D eigenvalue weighted by atomic mass is 9.80. The van der Waals surface area contributed by atoms with Gasteiger partial charge in [0.15, 0.2) is 5.82 Å². The molecule has 0 radical (unpaired) electrons. The van der Waals surface area contributed by atoms with Gasteiger partial charge in [0, 0.05) is 18.2 Å². The number of aromatic nitrogens is 2. The standard InChI is InChI=1S/C21H22ClN5O3/c1-21(2,10-9-16(23)24-20(29)30)14-5-3-13(4-6-14)19(28)26-17-12-27-11-15(22)7-8-18(27)25-17/h3-8,11-12H,9-10H2,1-2H3,(H2,23,24)(H,26,28)(H,29,30). The number of aliphatic imine (C=N–C) groups is 1. The number of carbonyl (C=O) groups excluding carboxylic acids is 1. The fourth-order valence-electron chi connectivity index (χ4n) is 3.05. The highest BCUT2D eigenvalue weighted by Crippen LogP contribution is 2.28. The van der Waals surface area contributed by atoms with E-state index in [9.17, 15) is 9.59 Å². The number of fused-ring (bicyclic) bond motifs is 1. The van der Waals surface area contributed by atoms with E-state index in [1.54, 1.807) is 41.1 Å². The second-order valence-corrected chi connectivity index (χ2v) is 7.98. The summed E-state index contributed by atoms with van der Waals surface area (Å²) in [6, 6.07) is 10.7. The van der Waals surface area contributed by atoms with Crippen LogP contribution in [0.4, 0.5) is 10.6 Å². The van der Waals surface area contributed by atoms with Crippen LogP contribution >= 0.6 is 11.6 Å². The van der Waals surface area contributed by atoms with Crippen LogP contribution in [0.3, 0.4) is 0 Å². The van der Waals surface area contributed by atoms with E-state index >= 15 is 0 Å². The third-order valence-corrected chi connectivity index (χ3v) is 5.05. The predicted octanol–water partition coefficient (Wildman–Crippen LogP) is 4.33.